The van der Waals surface area contributed by atoms with Gasteiger partial charge in [0.05, 0.1) is 0 Å². The van der Waals surface area contributed by atoms with Crippen molar-refractivity contribution < 1.29 is 9.84 Å². The van der Waals surface area contributed by atoms with Gasteiger partial charge in [0.2, 0.25) is 0 Å². The van der Waals surface area contributed by atoms with Crippen molar-refractivity contribution in [3.63, 3.8) is 0 Å². The molecule has 0 amide bonds. The van der Waals surface area contributed by atoms with Crippen LogP contribution >= 0.6 is 0 Å². The van der Waals surface area contributed by atoms with Crippen LogP contribution < -0.4 is 4.74 Å². The van der Waals surface area contributed by atoms with E-state index in [9.17, 15) is 0 Å². The summed E-state index contributed by atoms with van der Waals surface area (Å²) in [7, 11) is 0. The number of aliphatic hydroxyl groups excluding tert-OH is 1. The number of hydrogen-bond acceptors (Lipinski definition) is 3. The molecule has 0 saturated carbocycles. The lowest BCUT2D eigenvalue weighted by Gasteiger charge is -2.34. The summed E-state index contributed by atoms with van der Waals surface area (Å²) < 4.78 is 6.44. The normalized spacial score (nSPS) is 21.7. The predicted octanol–water partition coefficient (Wildman–Crippen LogP) is 3.86. The molecule has 2 aromatic rings. The highest BCUT2D eigenvalue weighted by Gasteiger charge is 2.34. The Labute approximate surface area is 161 Å². The van der Waals surface area contributed by atoms with Crippen LogP contribution in [0.5, 0.6) is 5.75 Å². The van der Waals surface area contributed by atoms with Crippen LogP contribution in [0.1, 0.15) is 36.0 Å². The number of nitrogens with zero attached hydrogens (tertiary/aromatic N) is 1. The highest BCUT2D eigenvalue weighted by Crippen LogP contribution is 2.37. The van der Waals surface area contributed by atoms with E-state index in [4.69, 9.17) is 9.84 Å². The summed E-state index contributed by atoms with van der Waals surface area (Å²) in [5.74, 6) is 6.64. The molecule has 0 bridgehead atoms. The van der Waals surface area contributed by atoms with Crippen molar-refractivity contribution in [2.45, 2.75) is 31.4 Å². The van der Waals surface area contributed by atoms with E-state index >= 15 is 0 Å². The summed E-state index contributed by atoms with van der Waals surface area (Å²) >= 11 is 0. The molecule has 2 aliphatic heterocycles. The van der Waals surface area contributed by atoms with Crippen LogP contribution in [0.25, 0.3) is 6.08 Å². The second-order valence-corrected chi connectivity index (χ2v) is 7.32. The fraction of sp³-hybridized carbons (Fsp3) is 0.333. The molecule has 138 valence electrons. The molecule has 1 spiro atoms. The number of hydrogen-bond donors (Lipinski definition) is 1. The summed E-state index contributed by atoms with van der Waals surface area (Å²) in [6.45, 7) is 2.97. The van der Waals surface area contributed by atoms with E-state index in [-0.39, 0.29) is 12.2 Å². The molecule has 4 rings (SSSR count). The van der Waals surface area contributed by atoms with Gasteiger partial charge >= 0.3 is 0 Å². The zero-order chi connectivity index (χ0) is 18.5. The summed E-state index contributed by atoms with van der Waals surface area (Å²) in [6, 6.07) is 16.6. The van der Waals surface area contributed by atoms with Crippen molar-refractivity contribution in [3.8, 4) is 17.6 Å². The maximum absolute atomic E-state index is 8.79. The maximum atomic E-state index is 8.79. The van der Waals surface area contributed by atoms with E-state index in [0.29, 0.717) is 0 Å². The Morgan fingerprint density at radius 3 is 2.74 bits per heavy atom. The maximum Gasteiger partial charge on any atom is 0.129 e. The number of ether oxygens (including phenoxy) is 1. The van der Waals surface area contributed by atoms with Crippen molar-refractivity contribution in [1.82, 2.24) is 4.90 Å². The van der Waals surface area contributed by atoms with Crippen molar-refractivity contribution >= 4 is 6.08 Å². The Morgan fingerprint density at radius 2 is 1.89 bits per heavy atom. The Bertz CT molecular complexity index is 875. The zero-order valence-corrected chi connectivity index (χ0v) is 15.5. The van der Waals surface area contributed by atoms with Crippen LogP contribution in [-0.4, -0.2) is 35.3 Å². The molecule has 1 atom stereocenters. The lowest BCUT2D eigenvalue weighted by Crippen LogP contribution is -2.36. The SMILES string of the molecule is OCC#Cc1ccc(CN2CCCC3(C=Cc4ccccc4O3)CC2)cc1. The third-order valence-corrected chi connectivity index (χ3v) is 5.40. The number of fused-ring (bicyclic) bond motifs is 1. The molecule has 1 N–H and O–H groups in total. The van der Waals surface area contributed by atoms with Crippen molar-refractivity contribution in [2.24, 2.45) is 0 Å². The fourth-order valence-electron chi connectivity index (χ4n) is 3.91. The van der Waals surface area contributed by atoms with Gasteiger partial charge in [-0.05, 0) is 49.2 Å². The first kappa shape index (κ1) is 17.9. The quantitative estimate of drug-likeness (QED) is 0.827. The molecule has 2 aliphatic rings. The first-order valence-corrected chi connectivity index (χ1v) is 9.65. The second kappa shape index (κ2) is 8.00. The molecule has 0 aromatic heterocycles. The Hall–Kier alpha value is -2.54. The molecule has 0 aliphatic carbocycles. The van der Waals surface area contributed by atoms with Crippen molar-refractivity contribution in [3.05, 3.63) is 71.3 Å². The van der Waals surface area contributed by atoms with Crippen LogP contribution in [0.2, 0.25) is 0 Å². The fourth-order valence-corrected chi connectivity index (χ4v) is 3.91. The molecule has 3 heteroatoms. The van der Waals surface area contributed by atoms with E-state index in [1.54, 1.807) is 0 Å². The Morgan fingerprint density at radius 1 is 1.04 bits per heavy atom. The standard InChI is InChI=1S/C24H25NO2/c26-18-3-5-20-8-10-21(11-9-20)19-25-16-4-13-24(15-17-25)14-12-22-6-1-2-7-23(22)27-24/h1-2,6-12,14,26H,4,13,15-19H2. The van der Waals surface area contributed by atoms with Gasteiger partial charge in [-0.25, -0.2) is 0 Å². The van der Waals surface area contributed by atoms with E-state index in [1.165, 1.54) is 11.1 Å². The minimum Gasteiger partial charge on any atom is -0.483 e. The highest BCUT2D eigenvalue weighted by molar-refractivity contribution is 5.60. The highest BCUT2D eigenvalue weighted by atomic mass is 16.5. The Kier molecular flexibility index (Phi) is 5.29. The predicted molar refractivity (Wildman–Crippen MR) is 108 cm³/mol. The zero-order valence-electron chi connectivity index (χ0n) is 15.5. The molecule has 2 aromatic carbocycles. The van der Waals surface area contributed by atoms with E-state index < -0.39 is 0 Å². The van der Waals surface area contributed by atoms with Crippen LogP contribution in [0.3, 0.4) is 0 Å². The topological polar surface area (TPSA) is 32.7 Å². The Balaban J connectivity index is 1.39. The molecule has 1 unspecified atom stereocenters. The number of para-hydroxylation sites is 1. The van der Waals surface area contributed by atoms with Gasteiger partial charge in [0.15, 0.2) is 0 Å². The van der Waals surface area contributed by atoms with Gasteiger partial charge in [-0.2, -0.15) is 0 Å². The van der Waals surface area contributed by atoms with Gasteiger partial charge in [-0.15, -0.1) is 0 Å². The van der Waals surface area contributed by atoms with Crippen LogP contribution in [0, 0.1) is 11.8 Å². The van der Waals surface area contributed by atoms with E-state index in [1.807, 2.05) is 18.2 Å². The minimum atomic E-state index is -0.160. The van der Waals surface area contributed by atoms with Crippen LogP contribution in [0.15, 0.2) is 54.6 Å². The average Bonchev–Trinajstić information content (AvgIpc) is 2.90. The number of rotatable bonds is 2. The molecule has 1 saturated heterocycles. The van der Waals surface area contributed by atoms with Gasteiger partial charge < -0.3 is 9.84 Å². The van der Waals surface area contributed by atoms with Gasteiger partial charge in [0.1, 0.15) is 18.0 Å². The van der Waals surface area contributed by atoms with Gasteiger partial charge in [0, 0.05) is 30.6 Å². The van der Waals surface area contributed by atoms with Crippen LogP contribution in [-0.2, 0) is 6.54 Å². The number of likely N-dealkylation sites (tertiary alicyclic amines) is 1. The summed E-state index contributed by atoms with van der Waals surface area (Å²) in [6.07, 6.45) is 7.70. The molecule has 3 nitrogen and oxygen atoms in total. The smallest absolute Gasteiger partial charge is 0.129 e. The monoisotopic (exact) mass is 359 g/mol. The lowest BCUT2D eigenvalue weighted by atomic mass is 9.91. The first-order chi connectivity index (χ1) is 13.3. The summed E-state index contributed by atoms with van der Waals surface area (Å²) in [5, 5.41) is 8.79. The second-order valence-electron chi connectivity index (χ2n) is 7.32. The van der Waals surface area contributed by atoms with E-state index in [2.05, 4.69) is 59.2 Å². The molecule has 27 heavy (non-hydrogen) atoms. The van der Waals surface area contributed by atoms with Gasteiger partial charge in [-0.3, -0.25) is 4.90 Å². The molecule has 2 heterocycles. The largest absolute Gasteiger partial charge is 0.483 e. The minimum absolute atomic E-state index is 0.0989. The summed E-state index contributed by atoms with van der Waals surface area (Å²) in [5.41, 5.74) is 3.26. The average molecular weight is 359 g/mol. The van der Waals surface area contributed by atoms with Crippen molar-refractivity contribution in [2.75, 3.05) is 19.7 Å². The van der Waals surface area contributed by atoms with Gasteiger partial charge in [-0.1, -0.05) is 48.2 Å². The molecular weight excluding hydrogens is 334 g/mol. The number of benzene rings is 2. The van der Waals surface area contributed by atoms with Gasteiger partial charge in [0.25, 0.3) is 0 Å². The summed E-state index contributed by atoms with van der Waals surface area (Å²) in [4.78, 5) is 2.51. The molecular formula is C24H25NO2. The lowest BCUT2D eigenvalue weighted by molar-refractivity contribution is 0.0990. The molecule has 0 radical (unpaired) electrons. The third kappa shape index (κ3) is 4.24. The van der Waals surface area contributed by atoms with E-state index in [0.717, 1.165) is 50.2 Å². The number of aliphatic hydroxyl groups is 1. The first-order valence-electron chi connectivity index (χ1n) is 9.65. The van der Waals surface area contributed by atoms with Crippen LogP contribution in [0.4, 0.5) is 0 Å². The van der Waals surface area contributed by atoms with Crippen molar-refractivity contribution in [1.29, 1.82) is 0 Å². The molecule has 1 fully saturated rings. The third-order valence-electron chi connectivity index (χ3n) is 5.40.